The van der Waals surface area contributed by atoms with Crippen LogP contribution in [0.2, 0.25) is 0 Å². The second-order valence-corrected chi connectivity index (χ2v) is 9.97. The van der Waals surface area contributed by atoms with Crippen molar-refractivity contribution in [2.24, 2.45) is 4.99 Å². The number of hydrazine groups is 1. The van der Waals surface area contributed by atoms with E-state index in [1.54, 1.807) is 17.4 Å². The predicted octanol–water partition coefficient (Wildman–Crippen LogP) is 4.60. The van der Waals surface area contributed by atoms with E-state index in [1.165, 1.54) is 0 Å². The third-order valence-electron chi connectivity index (χ3n) is 6.69. The Morgan fingerprint density at radius 3 is 2.66 bits per heavy atom. The molecule has 3 atom stereocenters. The van der Waals surface area contributed by atoms with E-state index in [1.807, 2.05) is 90.5 Å². The summed E-state index contributed by atoms with van der Waals surface area (Å²) in [5, 5.41) is 19.9. The summed E-state index contributed by atoms with van der Waals surface area (Å²) in [5.41, 5.74) is 11.2. The van der Waals surface area contributed by atoms with Gasteiger partial charge in [-0.3, -0.25) is 15.5 Å². The van der Waals surface area contributed by atoms with Gasteiger partial charge in [-0.15, -0.1) is 0 Å². The number of amidine groups is 1. The molecular weight excluding hydrogens is 496 g/mol. The number of amides is 1. The van der Waals surface area contributed by atoms with Crippen molar-refractivity contribution in [3.05, 3.63) is 112 Å². The van der Waals surface area contributed by atoms with Crippen molar-refractivity contribution in [1.29, 1.82) is 5.26 Å². The second kappa shape index (κ2) is 9.76. The van der Waals surface area contributed by atoms with Crippen LogP contribution >= 0.6 is 11.3 Å². The van der Waals surface area contributed by atoms with E-state index in [-0.39, 0.29) is 18.0 Å². The molecular formula is C29H24N6O2S. The zero-order chi connectivity index (χ0) is 26.1. The molecule has 0 radical (unpaired) electrons. The van der Waals surface area contributed by atoms with Gasteiger partial charge in [-0.1, -0.05) is 54.6 Å². The van der Waals surface area contributed by atoms with E-state index in [0.29, 0.717) is 5.56 Å². The summed E-state index contributed by atoms with van der Waals surface area (Å²) in [5.74, 6) is -0.292. The summed E-state index contributed by atoms with van der Waals surface area (Å²) in [7, 11) is 0. The van der Waals surface area contributed by atoms with E-state index in [9.17, 15) is 10.1 Å². The van der Waals surface area contributed by atoms with Gasteiger partial charge in [0.2, 0.25) is 5.72 Å². The van der Waals surface area contributed by atoms with Crippen LogP contribution in [0.1, 0.15) is 35.2 Å². The molecule has 3 heterocycles. The fourth-order valence-corrected chi connectivity index (χ4v) is 5.46. The van der Waals surface area contributed by atoms with Crippen LogP contribution in [0.4, 0.5) is 5.69 Å². The number of hydrogen-bond acceptors (Lipinski definition) is 7. The van der Waals surface area contributed by atoms with Gasteiger partial charge in [0.05, 0.1) is 17.7 Å². The number of thiophene rings is 1. The molecule has 2 unspecified atom stereocenters. The van der Waals surface area contributed by atoms with Crippen LogP contribution in [0.25, 0.3) is 11.1 Å². The van der Waals surface area contributed by atoms with E-state index in [0.717, 1.165) is 33.5 Å². The molecule has 188 valence electrons. The molecule has 9 heteroatoms. The lowest BCUT2D eigenvalue weighted by Gasteiger charge is -2.25. The summed E-state index contributed by atoms with van der Waals surface area (Å²) in [6.45, 7) is 1.88. The lowest BCUT2D eigenvalue weighted by atomic mass is 9.93. The average molecular weight is 521 g/mol. The predicted molar refractivity (Wildman–Crippen MR) is 147 cm³/mol. The first-order valence-electron chi connectivity index (χ1n) is 12.1. The first-order valence-corrected chi connectivity index (χ1v) is 13.1. The molecule has 4 aromatic rings. The maximum Gasteiger partial charge on any atom is 0.303 e. The van der Waals surface area contributed by atoms with E-state index >= 15 is 0 Å². The largest absolute Gasteiger partial charge is 0.437 e. The van der Waals surface area contributed by atoms with Gasteiger partial charge < -0.3 is 10.1 Å². The Kier molecular flexibility index (Phi) is 6.13. The lowest BCUT2D eigenvalue weighted by molar-refractivity contribution is -0.118. The minimum atomic E-state index is -0.993. The summed E-state index contributed by atoms with van der Waals surface area (Å²) >= 11 is 1.58. The van der Waals surface area contributed by atoms with Crippen LogP contribution in [-0.4, -0.2) is 18.1 Å². The molecule has 2 aliphatic rings. The van der Waals surface area contributed by atoms with E-state index < -0.39 is 11.9 Å². The Hall–Kier alpha value is -4.49. The highest BCUT2D eigenvalue weighted by Gasteiger charge is 2.39. The normalized spacial score (nSPS) is 23.5. The van der Waals surface area contributed by atoms with E-state index in [4.69, 9.17) is 4.74 Å². The number of hydrogen-bond donors (Lipinski definition) is 4. The van der Waals surface area contributed by atoms with Gasteiger partial charge >= 0.3 is 6.02 Å². The highest BCUT2D eigenvalue weighted by Crippen LogP contribution is 2.36. The number of aliphatic imine (C=N–C) groups is 1. The van der Waals surface area contributed by atoms with Crippen molar-refractivity contribution in [1.82, 2.24) is 16.2 Å². The third kappa shape index (κ3) is 4.41. The number of nitrogens with one attached hydrogen (secondary N) is 4. The van der Waals surface area contributed by atoms with Gasteiger partial charge in [0.15, 0.2) is 6.17 Å². The van der Waals surface area contributed by atoms with Crippen LogP contribution in [0.3, 0.4) is 0 Å². The Labute approximate surface area is 224 Å². The fourth-order valence-electron chi connectivity index (χ4n) is 4.81. The average Bonchev–Trinajstić information content (AvgIpc) is 3.59. The van der Waals surface area contributed by atoms with Crippen LogP contribution in [0.15, 0.2) is 94.6 Å². The highest BCUT2D eigenvalue weighted by atomic mass is 32.1. The Morgan fingerprint density at radius 2 is 1.87 bits per heavy atom. The number of ether oxygens (including phenoxy) is 1. The molecule has 6 rings (SSSR count). The molecule has 0 aliphatic carbocycles. The Morgan fingerprint density at radius 1 is 1.05 bits per heavy atom. The molecule has 1 aromatic heterocycles. The molecule has 1 amide bonds. The highest BCUT2D eigenvalue weighted by molar-refractivity contribution is 7.08. The lowest BCUT2D eigenvalue weighted by Crippen LogP contribution is -2.41. The minimum Gasteiger partial charge on any atom is -0.437 e. The number of carbonyl (C=O) groups excluding carboxylic acids is 1. The van der Waals surface area contributed by atoms with Gasteiger partial charge in [0.1, 0.15) is 0 Å². The molecule has 0 bridgehead atoms. The SMILES string of the molecule is CC1(c2ccc(C#N)cc2-c2ccsc2)NN/C(=N\[C@H]2NC(c3ccccc3)c3ccccc3NC2=O)O1. The molecule has 2 aliphatic heterocycles. The van der Waals surface area contributed by atoms with Crippen molar-refractivity contribution >= 4 is 29.0 Å². The zero-order valence-electron chi connectivity index (χ0n) is 20.4. The van der Waals surface area contributed by atoms with E-state index in [2.05, 4.69) is 32.5 Å². The monoisotopic (exact) mass is 520 g/mol. The minimum absolute atomic E-state index is 0.179. The molecule has 1 fully saturated rings. The molecule has 8 nitrogen and oxygen atoms in total. The molecule has 38 heavy (non-hydrogen) atoms. The summed E-state index contributed by atoms with van der Waals surface area (Å²) < 4.78 is 6.29. The number of para-hydroxylation sites is 1. The first-order chi connectivity index (χ1) is 18.5. The number of carbonyl (C=O) groups is 1. The summed E-state index contributed by atoms with van der Waals surface area (Å²) in [6, 6.07) is 27.3. The van der Waals surface area contributed by atoms with Crippen molar-refractivity contribution < 1.29 is 9.53 Å². The van der Waals surface area contributed by atoms with Crippen molar-refractivity contribution in [2.45, 2.75) is 24.9 Å². The van der Waals surface area contributed by atoms with Crippen LogP contribution < -0.4 is 21.5 Å². The maximum absolute atomic E-state index is 13.2. The van der Waals surface area contributed by atoms with Gasteiger partial charge in [-0.05, 0) is 64.2 Å². The van der Waals surface area contributed by atoms with Crippen molar-refractivity contribution in [3.63, 3.8) is 0 Å². The number of fused-ring (bicyclic) bond motifs is 1. The third-order valence-corrected chi connectivity index (χ3v) is 7.37. The molecule has 4 N–H and O–H groups in total. The van der Waals surface area contributed by atoms with Crippen LogP contribution in [0.5, 0.6) is 0 Å². The summed E-state index contributed by atoms with van der Waals surface area (Å²) in [6.07, 6.45) is -0.920. The quantitative estimate of drug-likeness (QED) is 0.313. The first kappa shape index (κ1) is 23.9. The van der Waals surface area contributed by atoms with Crippen LogP contribution in [-0.2, 0) is 15.3 Å². The Balaban J connectivity index is 1.32. The fraction of sp³-hybridized carbons (Fsp3) is 0.138. The van der Waals surface area contributed by atoms with Gasteiger partial charge in [0.25, 0.3) is 5.91 Å². The standard InChI is InChI=1S/C29H24N6O2S/c1-29(23-12-11-18(16-30)15-22(23)20-13-14-38-17-20)35-34-28(37-29)33-26-27(36)31-24-10-6-5-9-21(24)25(32-26)19-7-3-2-4-8-19/h2-15,17,25-26,32,35H,1H3,(H,31,36)(H,33,34)/t25?,26-,29?/m1/s1. The molecule has 0 saturated carbocycles. The number of nitriles is 1. The number of anilines is 1. The number of rotatable bonds is 4. The second-order valence-electron chi connectivity index (χ2n) is 9.19. The Bertz CT molecular complexity index is 1560. The number of nitrogens with zero attached hydrogens (tertiary/aromatic N) is 2. The van der Waals surface area contributed by atoms with Gasteiger partial charge in [-0.2, -0.15) is 22.0 Å². The van der Waals surface area contributed by atoms with Crippen molar-refractivity contribution in [2.75, 3.05) is 5.32 Å². The molecule has 0 spiro atoms. The summed E-state index contributed by atoms with van der Waals surface area (Å²) in [4.78, 5) is 17.9. The number of benzene rings is 3. The zero-order valence-corrected chi connectivity index (χ0v) is 21.3. The molecule has 1 saturated heterocycles. The maximum atomic E-state index is 13.2. The van der Waals surface area contributed by atoms with Crippen LogP contribution in [0, 0.1) is 11.3 Å². The molecule has 3 aromatic carbocycles. The topological polar surface area (TPSA) is 111 Å². The van der Waals surface area contributed by atoms with Gasteiger partial charge in [0, 0.05) is 11.3 Å². The van der Waals surface area contributed by atoms with Crippen molar-refractivity contribution in [3.8, 4) is 17.2 Å². The smallest absolute Gasteiger partial charge is 0.303 e. The van der Waals surface area contributed by atoms with Gasteiger partial charge in [-0.25, -0.2) is 4.99 Å².